The van der Waals surface area contributed by atoms with Gasteiger partial charge in [-0.3, -0.25) is 0 Å². The van der Waals surface area contributed by atoms with Crippen molar-refractivity contribution in [2.45, 2.75) is 13.8 Å². The minimum atomic E-state index is -0.635. The molecule has 0 spiro atoms. The van der Waals surface area contributed by atoms with Crippen LogP contribution in [0.4, 0.5) is 0 Å². The second kappa shape index (κ2) is 7.22. The van der Waals surface area contributed by atoms with Crippen LogP contribution in [0.2, 0.25) is 0 Å². The van der Waals surface area contributed by atoms with Crippen molar-refractivity contribution in [3.05, 3.63) is 71.8 Å². The highest BCUT2D eigenvalue weighted by atomic mass is 16.5. The van der Waals surface area contributed by atoms with E-state index in [9.17, 15) is 9.59 Å². The van der Waals surface area contributed by atoms with Crippen LogP contribution >= 0.6 is 0 Å². The van der Waals surface area contributed by atoms with Gasteiger partial charge in [-0.15, -0.1) is 0 Å². The molecule has 0 radical (unpaired) electrons. The van der Waals surface area contributed by atoms with Crippen molar-refractivity contribution in [1.82, 2.24) is 0 Å². The molecule has 0 N–H and O–H groups in total. The van der Waals surface area contributed by atoms with Crippen molar-refractivity contribution in [3.8, 4) is 11.5 Å². The van der Waals surface area contributed by atoms with E-state index >= 15 is 0 Å². The van der Waals surface area contributed by atoms with E-state index in [0.717, 1.165) is 23.3 Å². The van der Waals surface area contributed by atoms with Crippen molar-refractivity contribution in [3.63, 3.8) is 0 Å². The summed E-state index contributed by atoms with van der Waals surface area (Å²) in [6, 6.07) is 14.1. The zero-order chi connectivity index (χ0) is 15.9. The maximum Gasteiger partial charge on any atom is 0.336 e. The summed E-state index contributed by atoms with van der Waals surface area (Å²) in [4.78, 5) is 23.2. The van der Waals surface area contributed by atoms with Crippen LogP contribution in [0.3, 0.4) is 0 Å². The van der Waals surface area contributed by atoms with Gasteiger partial charge in [0, 0.05) is 12.2 Å². The molecule has 0 aliphatic rings. The Morgan fingerprint density at radius 1 is 0.682 bits per heavy atom. The molecular formula is C18H16O4. The van der Waals surface area contributed by atoms with Crippen LogP contribution in [0, 0.1) is 13.8 Å². The number of esters is 2. The zero-order valence-electron chi connectivity index (χ0n) is 12.4. The summed E-state index contributed by atoms with van der Waals surface area (Å²) in [7, 11) is 0. The Morgan fingerprint density at radius 2 is 1.00 bits per heavy atom. The van der Waals surface area contributed by atoms with E-state index in [-0.39, 0.29) is 0 Å². The lowest BCUT2D eigenvalue weighted by Gasteiger charge is -2.02. The largest absolute Gasteiger partial charge is 0.423 e. The molecule has 2 aromatic rings. The lowest BCUT2D eigenvalue weighted by molar-refractivity contribution is -0.131. The molecule has 0 fully saturated rings. The first-order valence-corrected chi connectivity index (χ1v) is 6.78. The van der Waals surface area contributed by atoms with E-state index in [0.29, 0.717) is 11.5 Å². The van der Waals surface area contributed by atoms with Gasteiger partial charge in [0.05, 0.1) is 0 Å². The van der Waals surface area contributed by atoms with E-state index in [1.165, 1.54) is 0 Å². The van der Waals surface area contributed by atoms with Crippen LogP contribution in [-0.2, 0) is 9.59 Å². The van der Waals surface area contributed by atoms with Crippen molar-refractivity contribution >= 4 is 11.9 Å². The number of aryl methyl sites for hydroxylation is 2. The quantitative estimate of drug-likeness (QED) is 0.493. The molecule has 4 heteroatoms. The topological polar surface area (TPSA) is 52.6 Å². The van der Waals surface area contributed by atoms with Gasteiger partial charge < -0.3 is 9.47 Å². The van der Waals surface area contributed by atoms with Gasteiger partial charge in [-0.1, -0.05) is 35.4 Å². The number of hydrogen-bond donors (Lipinski definition) is 0. The van der Waals surface area contributed by atoms with Crippen LogP contribution in [-0.4, -0.2) is 11.9 Å². The van der Waals surface area contributed by atoms with Crippen molar-refractivity contribution in [1.29, 1.82) is 0 Å². The zero-order valence-corrected chi connectivity index (χ0v) is 12.4. The highest BCUT2D eigenvalue weighted by molar-refractivity contribution is 5.93. The van der Waals surface area contributed by atoms with Crippen molar-refractivity contribution < 1.29 is 19.1 Å². The van der Waals surface area contributed by atoms with Gasteiger partial charge in [0.1, 0.15) is 11.5 Å². The molecule has 0 bridgehead atoms. The molecule has 0 atom stereocenters. The van der Waals surface area contributed by atoms with Crippen molar-refractivity contribution in [2.24, 2.45) is 0 Å². The summed E-state index contributed by atoms with van der Waals surface area (Å²) >= 11 is 0. The van der Waals surface area contributed by atoms with Gasteiger partial charge in [0.2, 0.25) is 0 Å². The standard InChI is InChI=1S/C18H16O4/c1-13-3-7-15(8-4-13)21-17(19)11-12-18(20)22-16-9-5-14(2)6-10-16/h3-12H,1-2H3. The molecule has 0 heterocycles. The first-order chi connectivity index (χ1) is 10.5. The van der Waals surface area contributed by atoms with Crippen LogP contribution < -0.4 is 9.47 Å². The Bertz CT molecular complexity index is 621. The maximum absolute atomic E-state index is 11.6. The van der Waals surface area contributed by atoms with E-state index in [2.05, 4.69) is 0 Å². The molecule has 0 aliphatic heterocycles. The van der Waals surface area contributed by atoms with E-state index in [1.54, 1.807) is 24.3 Å². The van der Waals surface area contributed by atoms with Crippen molar-refractivity contribution in [2.75, 3.05) is 0 Å². The summed E-state index contributed by atoms with van der Waals surface area (Å²) in [5.74, 6) is -0.422. The Morgan fingerprint density at radius 3 is 1.32 bits per heavy atom. The number of ether oxygens (including phenoxy) is 2. The summed E-state index contributed by atoms with van der Waals surface area (Å²) in [6.07, 6.45) is 2.08. The van der Waals surface area contributed by atoms with Crippen LogP contribution in [0.15, 0.2) is 60.7 Å². The summed E-state index contributed by atoms with van der Waals surface area (Å²) in [5.41, 5.74) is 2.13. The number of hydrogen-bond acceptors (Lipinski definition) is 4. The third-order valence-electron chi connectivity index (χ3n) is 2.83. The van der Waals surface area contributed by atoms with E-state index in [4.69, 9.17) is 9.47 Å². The summed E-state index contributed by atoms with van der Waals surface area (Å²) in [5, 5.41) is 0. The fraction of sp³-hybridized carbons (Fsp3) is 0.111. The van der Waals surface area contributed by atoms with Gasteiger partial charge in [0.15, 0.2) is 0 Å². The molecule has 0 saturated heterocycles. The molecule has 22 heavy (non-hydrogen) atoms. The smallest absolute Gasteiger partial charge is 0.336 e. The summed E-state index contributed by atoms with van der Waals surface area (Å²) < 4.78 is 10.1. The van der Waals surface area contributed by atoms with E-state index < -0.39 is 11.9 Å². The van der Waals surface area contributed by atoms with Gasteiger partial charge in [-0.05, 0) is 38.1 Å². The molecule has 2 rings (SSSR count). The third-order valence-corrected chi connectivity index (χ3v) is 2.83. The van der Waals surface area contributed by atoms with E-state index in [1.807, 2.05) is 38.1 Å². The fourth-order valence-corrected chi connectivity index (χ4v) is 1.65. The second-order valence-corrected chi connectivity index (χ2v) is 4.80. The Kier molecular flexibility index (Phi) is 5.09. The highest BCUT2D eigenvalue weighted by Gasteiger charge is 2.04. The predicted molar refractivity (Wildman–Crippen MR) is 82.8 cm³/mol. The minimum Gasteiger partial charge on any atom is -0.423 e. The van der Waals surface area contributed by atoms with Crippen LogP contribution in [0.5, 0.6) is 11.5 Å². The molecular weight excluding hydrogens is 280 g/mol. The lowest BCUT2D eigenvalue weighted by atomic mass is 10.2. The third kappa shape index (κ3) is 4.90. The average Bonchev–Trinajstić information content (AvgIpc) is 2.50. The average molecular weight is 296 g/mol. The Balaban J connectivity index is 1.87. The number of carbonyl (C=O) groups is 2. The van der Waals surface area contributed by atoms with Crippen LogP contribution in [0.25, 0.3) is 0 Å². The minimum absolute atomic E-state index is 0.423. The van der Waals surface area contributed by atoms with Crippen LogP contribution in [0.1, 0.15) is 11.1 Å². The highest BCUT2D eigenvalue weighted by Crippen LogP contribution is 2.13. The maximum atomic E-state index is 11.6. The first kappa shape index (κ1) is 15.5. The summed E-state index contributed by atoms with van der Waals surface area (Å²) in [6.45, 7) is 3.87. The molecule has 0 aliphatic carbocycles. The van der Waals surface area contributed by atoms with Gasteiger partial charge in [-0.2, -0.15) is 0 Å². The molecule has 0 unspecified atom stereocenters. The fourth-order valence-electron chi connectivity index (χ4n) is 1.65. The normalized spacial score (nSPS) is 10.5. The lowest BCUT2D eigenvalue weighted by Crippen LogP contribution is -2.08. The Hall–Kier alpha value is -2.88. The number of benzene rings is 2. The molecule has 0 saturated carbocycles. The number of rotatable bonds is 4. The SMILES string of the molecule is Cc1ccc(OC(=O)C=CC(=O)Oc2ccc(C)cc2)cc1. The van der Waals surface area contributed by atoms with Gasteiger partial charge in [0.25, 0.3) is 0 Å². The molecule has 112 valence electrons. The molecule has 2 aromatic carbocycles. The number of carbonyl (C=O) groups excluding carboxylic acids is 2. The molecule has 4 nitrogen and oxygen atoms in total. The second-order valence-electron chi connectivity index (χ2n) is 4.80. The van der Waals surface area contributed by atoms with Gasteiger partial charge >= 0.3 is 11.9 Å². The first-order valence-electron chi connectivity index (χ1n) is 6.78. The monoisotopic (exact) mass is 296 g/mol. The predicted octanol–water partition coefficient (Wildman–Crippen LogP) is 3.37. The Labute approximate surface area is 129 Å². The molecule has 0 amide bonds. The molecule has 0 aromatic heterocycles. The van der Waals surface area contributed by atoms with Gasteiger partial charge in [-0.25, -0.2) is 9.59 Å².